The van der Waals surface area contributed by atoms with E-state index < -0.39 is 15.6 Å². The number of aromatic nitrogens is 1. The number of rotatable bonds is 6. The molecule has 1 rings (SSSR count). The Kier molecular flexibility index (Phi) is 8.85. The number of oxazole rings is 1. The summed E-state index contributed by atoms with van der Waals surface area (Å²) in [6.45, 7) is 10.5. The van der Waals surface area contributed by atoms with Crippen LogP contribution in [0.4, 0.5) is 0 Å². The molecular weight excluding hydrogens is 457 g/mol. The van der Waals surface area contributed by atoms with Crippen LogP contribution in [0.2, 0.25) is 0 Å². The van der Waals surface area contributed by atoms with E-state index in [1.165, 1.54) is 0 Å². The van der Waals surface area contributed by atoms with E-state index in [0.29, 0.717) is 24.9 Å². The van der Waals surface area contributed by atoms with Crippen molar-refractivity contribution in [3.63, 3.8) is 0 Å². The lowest BCUT2D eigenvalue weighted by molar-refractivity contribution is 0.379. The van der Waals surface area contributed by atoms with Gasteiger partial charge in [0.15, 0.2) is 5.96 Å². The molecule has 0 aliphatic heterocycles. The Hall–Kier alpha value is -0.880. The Balaban J connectivity index is 0.00000576. The van der Waals surface area contributed by atoms with Crippen molar-refractivity contribution in [3.8, 4) is 0 Å². The van der Waals surface area contributed by atoms with Gasteiger partial charge in [-0.1, -0.05) is 20.8 Å². The number of sulfonamides is 1. The van der Waals surface area contributed by atoms with Gasteiger partial charge in [0.05, 0.1) is 19.0 Å². The number of hydrogen-bond donors (Lipinski definition) is 3. The molecule has 10 heteroatoms. The lowest BCUT2D eigenvalue weighted by atomic mass is 9.94. The van der Waals surface area contributed by atoms with Crippen molar-refractivity contribution >= 4 is 40.0 Å². The number of hydrogen-bond acceptors (Lipinski definition) is 5. The average Bonchev–Trinajstić information content (AvgIpc) is 2.84. The number of aliphatic imine (C=N–C) groups is 1. The highest BCUT2D eigenvalue weighted by atomic mass is 127. The van der Waals surface area contributed by atoms with Crippen LogP contribution in [0.3, 0.4) is 0 Å². The summed E-state index contributed by atoms with van der Waals surface area (Å²) < 4.78 is 31.0. The molecule has 146 valence electrons. The van der Waals surface area contributed by atoms with E-state index in [2.05, 4.69) is 46.1 Å². The maximum absolute atomic E-state index is 11.3. The third-order valence-corrected chi connectivity index (χ3v) is 4.01. The van der Waals surface area contributed by atoms with Crippen molar-refractivity contribution in [2.45, 2.75) is 52.1 Å². The van der Waals surface area contributed by atoms with Gasteiger partial charge in [-0.2, -0.15) is 0 Å². The van der Waals surface area contributed by atoms with Crippen LogP contribution >= 0.6 is 24.0 Å². The molecule has 0 bridgehead atoms. The maximum atomic E-state index is 11.3. The van der Waals surface area contributed by atoms with Crippen molar-refractivity contribution in [2.75, 3.05) is 19.8 Å². The monoisotopic (exact) mass is 487 g/mol. The average molecular weight is 487 g/mol. The number of guanidine groups is 1. The van der Waals surface area contributed by atoms with Crippen LogP contribution in [0, 0.1) is 0 Å². The SMILES string of the molecule is CN=C(NCc1ncc(C(C)(C)C)o1)NCC(C)(C)NS(C)(=O)=O.I. The fourth-order valence-corrected chi connectivity index (χ4v) is 3.04. The Morgan fingerprint density at radius 3 is 2.28 bits per heavy atom. The zero-order valence-electron chi connectivity index (χ0n) is 15.9. The van der Waals surface area contributed by atoms with E-state index in [0.717, 1.165) is 12.0 Å². The highest BCUT2D eigenvalue weighted by molar-refractivity contribution is 14.0. The molecule has 25 heavy (non-hydrogen) atoms. The fourth-order valence-electron chi connectivity index (χ4n) is 1.96. The Morgan fingerprint density at radius 1 is 1.24 bits per heavy atom. The van der Waals surface area contributed by atoms with Crippen LogP contribution in [0.5, 0.6) is 0 Å². The molecule has 3 N–H and O–H groups in total. The fraction of sp³-hybridized carbons (Fsp3) is 0.733. The zero-order chi connectivity index (χ0) is 18.6. The minimum atomic E-state index is -3.28. The van der Waals surface area contributed by atoms with Gasteiger partial charge in [-0.15, -0.1) is 24.0 Å². The lowest BCUT2D eigenvalue weighted by Gasteiger charge is -2.26. The summed E-state index contributed by atoms with van der Waals surface area (Å²) in [5.74, 6) is 1.92. The predicted molar refractivity (Wildman–Crippen MR) is 111 cm³/mol. The van der Waals surface area contributed by atoms with Crippen molar-refractivity contribution in [1.29, 1.82) is 0 Å². The van der Waals surface area contributed by atoms with Crippen molar-refractivity contribution in [1.82, 2.24) is 20.3 Å². The second-order valence-corrected chi connectivity index (χ2v) is 9.15. The van der Waals surface area contributed by atoms with Gasteiger partial charge in [0, 0.05) is 24.5 Å². The van der Waals surface area contributed by atoms with E-state index in [-0.39, 0.29) is 29.4 Å². The van der Waals surface area contributed by atoms with E-state index >= 15 is 0 Å². The second-order valence-electron chi connectivity index (χ2n) is 7.41. The molecule has 1 aromatic heterocycles. The molecule has 0 fully saturated rings. The maximum Gasteiger partial charge on any atom is 0.213 e. The van der Waals surface area contributed by atoms with E-state index in [9.17, 15) is 8.42 Å². The molecule has 1 heterocycles. The van der Waals surface area contributed by atoms with Crippen LogP contribution in [-0.2, 0) is 22.0 Å². The molecule has 0 saturated carbocycles. The summed E-state index contributed by atoms with van der Waals surface area (Å²) in [5, 5.41) is 6.17. The summed E-state index contributed by atoms with van der Waals surface area (Å²) >= 11 is 0. The first-order valence-electron chi connectivity index (χ1n) is 7.71. The molecule has 0 spiro atoms. The largest absolute Gasteiger partial charge is 0.443 e. The molecular formula is C15H30IN5O3S. The summed E-state index contributed by atoms with van der Waals surface area (Å²) in [7, 11) is -1.64. The standard InChI is InChI=1S/C15H29N5O3S.HI/c1-14(2,3)11-8-17-12(23-11)9-18-13(16-6)19-10-15(4,5)20-24(7,21)22;/h8,20H,9-10H2,1-7H3,(H2,16,18,19);1H. The van der Waals surface area contributed by atoms with Gasteiger partial charge in [0.2, 0.25) is 15.9 Å². The van der Waals surface area contributed by atoms with Crippen LogP contribution in [0.25, 0.3) is 0 Å². The molecule has 1 aromatic rings. The molecule has 0 aliphatic rings. The summed E-state index contributed by atoms with van der Waals surface area (Å²) in [5.41, 5.74) is -0.736. The van der Waals surface area contributed by atoms with Crippen molar-refractivity contribution < 1.29 is 12.8 Å². The van der Waals surface area contributed by atoms with Gasteiger partial charge >= 0.3 is 0 Å². The zero-order valence-corrected chi connectivity index (χ0v) is 19.1. The number of halogens is 1. The third kappa shape index (κ3) is 9.40. The van der Waals surface area contributed by atoms with Crippen molar-refractivity contribution in [2.24, 2.45) is 4.99 Å². The second kappa shape index (κ2) is 9.17. The molecule has 0 unspecified atom stereocenters. The minimum Gasteiger partial charge on any atom is -0.443 e. The lowest BCUT2D eigenvalue weighted by Crippen LogP contribution is -2.52. The van der Waals surface area contributed by atoms with Crippen LogP contribution in [0.15, 0.2) is 15.6 Å². The van der Waals surface area contributed by atoms with Gasteiger partial charge in [-0.25, -0.2) is 18.1 Å². The van der Waals surface area contributed by atoms with E-state index in [1.807, 2.05) is 0 Å². The molecule has 0 radical (unpaired) electrons. The quantitative estimate of drug-likeness (QED) is 0.320. The van der Waals surface area contributed by atoms with Gasteiger partial charge in [-0.05, 0) is 13.8 Å². The first-order valence-corrected chi connectivity index (χ1v) is 9.60. The topological polar surface area (TPSA) is 109 Å². The van der Waals surface area contributed by atoms with Crippen LogP contribution < -0.4 is 15.4 Å². The number of nitrogens with one attached hydrogen (secondary N) is 3. The number of nitrogens with zero attached hydrogens (tertiary/aromatic N) is 2. The van der Waals surface area contributed by atoms with E-state index in [1.54, 1.807) is 27.1 Å². The molecule has 8 nitrogen and oxygen atoms in total. The van der Waals surface area contributed by atoms with Gasteiger partial charge < -0.3 is 15.1 Å². The third-order valence-electron chi connectivity index (χ3n) is 3.08. The van der Waals surface area contributed by atoms with Crippen LogP contribution in [0.1, 0.15) is 46.3 Å². The van der Waals surface area contributed by atoms with E-state index in [4.69, 9.17) is 4.42 Å². The molecule has 0 aliphatic carbocycles. The molecule has 0 saturated heterocycles. The van der Waals surface area contributed by atoms with Gasteiger partial charge in [0.1, 0.15) is 5.76 Å². The summed E-state index contributed by atoms with van der Waals surface area (Å²) in [4.78, 5) is 8.35. The normalized spacial score (nSPS) is 13.3. The van der Waals surface area contributed by atoms with Gasteiger partial charge in [0.25, 0.3) is 0 Å². The first kappa shape index (κ1) is 24.1. The highest BCUT2D eigenvalue weighted by Gasteiger charge is 2.22. The summed E-state index contributed by atoms with van der Waals surface area (Å²) in [6.07, 6.45) is 2.86. The Morgan fingerprint density at radius 2 is 1.84 bits per heavy atom. The minimum absolute atomic E-state index is 0. The molecule has 0 amide bonds. The highest BCUT2D eigenvalue weighted by Crippen LogP contribution is 2.22. The Bertz CT molecular complexity index is 678. The molecule has 0 aromatic carbocycles. The van der Waals surface area contributed by atoms with Crippen molar-refractivity contribution in [3.05, 3.63) is 17.8 Å². The van der Waals surface area contributed by atoms with Gasteiger partial charge in [-0.3, -0.25) is 4.99 Å². The summed E-state index contributed by atoms with van der Waals surface area (Å²) in [6, 6.07) is 0. The Labute approximate surface area is 167 Å². The smallest absolute Gasteiger partial charge is 0.213 e. The molecule has 0 atom stereocenters. The van der Waals surface area contributed by atoms with Crippen LogP contribution in [-0.4, -0.2) is 44.7 Å². The predicted octanol–water partition coefficient (Wildman–Crippen LogP) is 1.58. The first-order chi connectivity index (χ1) is 10.8.